The lowest BCUT2D eigenvalue weighted by molar-refractivity contribution is 0.207. The highest BCUT2D eigenvalue weighted by atomic mass is 14.5. The first-order valence-corrected chi connectivity index (χ1v) is 10.6. The van der Waals surface area contributed by atoms with Crippen molar-refractivity contribution in [1.29, 1.82) is 0 Å². The Labute approximate surface area is 161 Å². The van der Waals surface area contributed by atoms with Gasteiger partial charge in [0.2, 0.25) is 0 Å². The number of benzene rings is 2. The highest BCUT2D eigenvalue weighted by Crippen LogP contribution is 2.58. The van der Waals surface area contributed by atoms with Crippen molar-refractivity contribution < 1.29 is 0 Å². The largest absolute Gasteiger partial charge is 0.0654 e. The molecule has 0 bridgehead atoms. The predicted octanol–water partition coefficient (Wildman–Crippen LogP) is 7.88. The van der Waals surface area contributed by atoms with Crippen molar-refractivity contribution >= 4 is 0 Å². The lowest BCUT2D eigenvalue weighted by Gasteiger charge is -2.53. The van der Waals surface area contributed by atoms with Gasteiger partial charge in [0.25, 0.3) is 0 Å². The summed E-state index contributed by atoms with van der Waals surface area (Å²) < 4.78 is 0. The summed E-state index contributed by atoms with van der Waals surface area (Å²) in [5.74, 6) is 0. The summed E-state index contributed by atoms with van der Waals surface area (Å²) >= 11 is 0. The first kappa shape index (κ1) is 19.2. The fraction of sp³-hybridized carbons (Fsp3) is 0.538. The number of hydrogen-bond acceptors (Lipinski definition) is 0. The number of unbranched alkanes of at least 4 members (excludes halogenated alkanes) is 2. The van der Waals surface area contributed by atoms with Gasteiger partial charge in [-0.1, -0.05) is 101 Å². The minimum absolute atomic E-state index is 0.195. The molecule has 0 saturated heterocycles. The van der Waals surface area contributed by atoms with E-state index in [0.29, 0.717) is 0 Å². The van der Waals surface area contributed by atoms with Gasteiger partial charge in [-0.25, -0.2) is 0 Å². The van der Waals surface area contributed by atoms with E-state index in [2.05, 4.69) is 77.9 Å². The van der Waals surface area contributed by atoms with Gasteiger partial charge in [-0.3, -0.25) is 0 Å². The molecule has 2 aromatic carbocycles. The molecule has 0 spiro atoms. The molecule has 2 atom stereocenters. The van der Waals surface area contributed by atoms with Crippen LogP contribution in [0.4, 0.5) is 0 Å². The molecule has 0 aliphatic heterocycles. The Kier molecular flexibility index (Phi) is 5.33. The summed E-state index contributed by atoms with van der Waals surface area (Å²) in [6.07, 6.45) is 7.67. The average molecular weight is 349 g/mol. The molecule has 0 heteroatoms. The lowest BCUT2D eigenvalue weighted by Crippen LogP contribution is -2.48. The van der Waals surface area contributed by atoms with Crippen molar-refractivity contribution in [2.45, 2.75) is 90.9 Å². The van der Waals surface area contributed by atoms with Gasteiger partial charge in [-0.2, -0.15) is 0 Å². The zero-order chi connectivity index (χ0) is 18.9. The van der Waals surface area contributed by atoms with Crippen LogP contribution in [0.15, 0.2) is 36.4 Å². The number of rotatable bonds is 6. The zero-order valence-corrected chi connectivity index (χ0v) is 17.7. The Morgan fingerprint density at radius 3 is 1.38 bits per heavy atom. The van der Waals surface area contributed by atoms with Crippen molar-refractivity contribution in [3.05, 3.63) is 58.7 Å². The topological polar surface area (TPSA) is 0 Å². The van der Waals surface area contributed by atoms with Crippen LogP contribution in [-0.4, -0.2) is 0 Å². The van der Waals surface area contributed by atoms with Gasteiger partial charge >= 0.3 is 0 Å². The molecule has 0 aromatic heterocycles. The van der Waals surface area contributed by atoms with Crippen LogP contribution in [0.1, 0.15) is 88.5 Å². The summed E-state index contributed by atoms with van der Waals surface area (Å²) in [6, 6.07) is 14.3. The summed E-state index contributed by atoms with van der Waals surface area (Å²) in [7, 11) is 0. The fourth-order valence-electron chi connectivity index (χ4n) is 5.18. The van der Waals surface area contributed by atoms with E-state index < -0.39 is 0 Å². The fourth-order valence-corrected chi connectivity index (χ4v) is 5.18. The number of fused-ring (bicyclic) bond motifs is 3. The van der Waals surface area contributed by atoms with Crippen LogP contribution in [-0.2, 0) is 10.8 Å². The van der Waals surface area contributed by atoms with Gasteiger partial charge in [0.05, 0.1) is 0 Å². The molecule has 140 valence electrons. The van der Waals surface area contributed by atoms with Gasteiger partial charge < -0.3 is 0 Å². The van der Waals surface area contributed by atoms with Crippen LogP contribution in [0.3, 0.4) is 0 Å². The molecular formula is C26H36. The third-order valence-corrected chi connectivity index (χ3v) is 7.11. The summed E-state index contributed by atoms with van der Waals surface area (Å²) in [5.41, 5.74) is 9.28. The quantitative estimate of drug-likeness (QED) is 0.498. The highest BCUT2D eigenvalue weighted by molar-refractivity contribution is 5.78. The normalized spacial score (nSPS) is 24.2. The smallest absolute Gasteiger partial charge is 0.00253 e. The van der Waals surface area contributed by atoms with E-state index in [1.807, 2.05) is 0 Å². The van der Waals surface area contributed by atoms with E-state index in [1.165, 1.54) is 60.8 Å². The molecule has 0 radical (unpaired) electrons. The van der Waals surface area contributed by atoms with Gasteiger partial charge in [-0.05, 0) is 48.9 Å². The SMILES string of the molecule is CCCCC1(C)c2cc(C)ccc2-c2ccc(C)cc2C1(C)CCCC. The summed E-state index contributed by atoms with van der Waals surface area (Å²) in [6.45, 7) is 14.3. The van der Waals surface area contributed by atoms with Crippen LogP contribution in [0, 0.1) is 13.8 Å². The van der Waals surface area contributed by atoms with Crippen molar-refractivity contribution in [2.75, 3.05) is 0 Å². The second-order valence-electron chi connectivity index (χ2n) is 8.97. The van der Waals surface area contributed by atoms with Crippen LogP contribution in [0.25, 0.3) is 11.1 Å². The van der Waals surface area contributed by atoms with E-state index in [0.717, 1.165) is 0 Å². The Bertz CT molecular complexity index is 717. The van der Waals surface area contributed by atoms with Gasteiger partial charge in [0.15, 0.2) is 0 Å². The molecule has 3 rings (SSSR count). The van der Waals surface area contributed by atoms with E-state index in [4.69, 9.17) is 0 Å². The van der Waals surface area contributed by atoms with Crippen molar-refractivity contribution in [3.63, 3.8) is 0 Å². The van der Waals surface area contributed by atoms with E-state index in [1.54, 1.807) is 11.1 Å². The van der Waals surface area contributed by atoms with Gasteiger partial charge in [0.1, 0.15) is 0 Å². The van der Waals surface area contributed by atoms with Crippen LogP contribution in [0.2, 0.25) is 0 Å². The molecule has 1 aliphatic rings. The molecule has 26 heavy (non-hydrogen) atoms. The zero-order valence-electron chi connectivity index (χ0n) is 17.7. The Morgan fingerprint density at radius 2 is 1.04 bits per heavy atom. The molecule has 0 heterocycles. The maximum Gasteiger partial charge on any atom is 0.00253 e. The lowest BCUT2D eigenvalue weighted by atomic mass is 9.50. The third-order valence-electron chi connectivity index (χ3n) is 7.11. The second-order valence-corrected chi connectivity index (χ2v) is 8.97. The Balaban J connectivity index is 2.32. The molecule has 1 aliphatic carbocycles. The van der Waals surface area contributed by atoms with E-state index >= 15 is 0 Å². The minimum Gasteiger partial charge on any atom is -0.0654 e. The van der Waals surface area contributed by atoms with Crippen LogP contribution in [0.5, 0.6) is 0 Å². The second kappa shape index (κ2) is 7.22. The maximum atomic E-state index is 2.56. The van der Waals surface area contributed by atoms with Crippen molar-refractivity contribution in [1.82, 2.24) is 0 Å². The number of aryl methyl sites for hydroxylation is 2. The van der Waals surface area contributed by atoms with Crippen LogP contribution >= 0.6 is 0 Å². The van der Waals surface area contributed by atoms with Crippen molar-refractivity contribution in [3.8, 4) is 11.1 Å². The Hall–Kier alpha value is -1.56. The average Bonchev–Trinajstić information content (AvgIpc) is 2.63. The Morgan fingerprint density at radius 1 is 0.654 bits per heavy atom. The highest BCUT2D eigenvalue weighted by Gasteiger charge is 2.50. The van der Waals surface area contributed by atoms with Gasteiger partial charge in [-0.15, -0.1) is 0 Å². The van der Waals surface area contributed by atoms with Crippen molar-refractivity contribution in [2.24, 2.45) is 0 Å². The predicted molar refractivity (Wildman–Crippen MR) is 115 cm³/mol. The summed E-state index contributed by atoms with van der Waals surface area (Å²) in [5, 5.41) is 0. The first-order valence-electron chi connectivity index (χ1n) is 10.6. The third kappa shape index (κ3) is 2.92. The maximum absolute atomic E-state index is 2.56. The van der Waals surface area contributed by atoms with E-state index in [9.17, 15) is 0 Å². The minimum atomic E-state index is 0.195. The molecule has 0 amide bonds. The summed E-state index contributed by atoms with van der Waals surface area (Å²) in [4.78, 5) is 0. The molecule has 0 nitrogen and oxygen atoms in total. The monoisotopic (exact) mass is 348 g/mol. The number of hydrogen-bond donors (Lipinski definition) is 0. The molecular weight excluding hydrogens is 312 g/mol. The molecule has 0 saturated carbocycles. The van der Waals surface area contributed by atoms with Crippen LogP contribution < -0.4 is 0 Å². The standard InChI is InChI=1S/C26H36/c1-7-9-15-25(5)23-17-19(3)11-13-21(23)22-14-12-20(4)18-24(22)26(25,6)16-10-8-2/h11-14,17-18H,7-10,15-16H2,1-6H3. The molecule has 0 N–H and O–H groups in total. The molecule has 0 fully saturated rings. The van der Waals surface area contributed by atoms with E-state index in [-0.39, 0.29) is 10.8 Å². The first-order chi connectivity index (χ1) is 12.4. The molecule has 2 aromatic rings. The van der Waals surface area contributed by atoms with Gasteiger partial charge in [0, 0.05) is 10.8 Å². The molecule has 2 unspecified atom stereocenters.